The summed E-state index contributed by atoms with van der Waals surface area (Å²) in [5.41, 5.74) is 0.790. The molecule has 1 aromatic rings. The molecule has 2 aliphatic rings. The van der Waals surface area contributed by atoms with Gasteiger partial charge in [-0.15, -0.1) is 0 Å². The third-order valence-electron chi connectivity index (χ3n) is 4.15. The Kier molecular flexibility index (Phi) is 3.19. The number of carbonyl (C=O) groups excluding carboxylic acids is 1. The van der Waals surface area contributed by atoms with Crippen LogP contribution in [0.25, 0.3) is 0 Å². The van der Waals surface area contributed by atoms with Crippen molar-refractivity contribution < 1.29 is 9.53 Å². The number of nitrogens with one attached hydrogen (secondary N) is 2. The summed E-state index contributed by atoms with van der Waals surface area (Å²) in [4.78, 5) is 12.5. The van der Waals surface area contributed by atoms with Crippen molar-refractivity contribution >= 4 is 5.91 Å². The van der Waals surface area contributed by atoms with Crippen molar-refractivity contribution in [2.24, 2.45) is 5.41 Å². The lowest BCUT2D eigenvalue weighted by Crippen LogP contribution is -2.49. The van der Waals surface area contributed by atoms with Gasteiger partial charge in [0.1, 0.15) is 12.4 Å². The van der Waals surface area contributed by atoms with Crippen molar-refractivity contribution in [1.29, 1.82) is 0 Å². The first-order chi connectivity index (χ1) is 9.19. The van der Waals surface area contributed by atoms with Gasteiger partial charge in [0.15, 0.2) is 0 Å². The number of amides is 1. The van der Waals surface area contributed by atoms with Gasteiger partial charge in [-0.05, 0) is 32.4 Å². The lowest BCUT2D eigenvalue weighted by molar-refractivity contribution is -0.132. The summed E-state index contributed by atoms with van der Waals surface area (Å²) < 4.78 is 5.60. The molecule has 3 rings (SSSR count). The molecule has 0 spiro atoms. The second-order valence-electron chi connectivity index (χ2n) is 5.72. The molecule has 4 heteroatoms. The van der Waals surface area contributed by atoms with Gasteiger partial charge < -0.3 is 15.4 Å². The van der Waals surface area contributed by atoms with E-state index in [1.807, 2.05) is 31.2 Å². The summed E-state index contributed by atoms with van der Waals surface area (Å²) in [7, 11) is 0. The smallest absolute Gasteiger partial charge is 0.227 e. The Bertz CT molecular complexity index is 481. The van der Waals surface area contributed by atoms with Crippen molar-refractivity contribution in [3.05, 3.63) is 29.8 Å². The average Bonchev–Trinajstić information content (AvgIpc) is 2.83. The summed E-state index contributed by atoms with van der Waals surface area (Å²) in [6.07, 6.45) is 2.00. The minimum absolute atomic E-state index is 0.0116. The van der Waals surface area contributed by atoms with Crippen LogP contribution in [0, 0.1) is 5.41 Å². The summed E-state index contributed by atoms with van der Waals surface area (Å²) in [5, 5.41) is 6.45. The first-order valence-electron chi connectivity index (χ1n) is 6.92. The molecule has 1 saturated heterocycles. The number of hydrogen-bond acceptors (Lipinski definition) is 3. The first kappa shape index (κ1) is 12.5. The van der Waals surface area contributed by atoms with Crippen LogP contribution in [0.3, 0.4) is 0 Å². The third-order valence-corrected chi connectivity index (χ3v) is 4.15. The van der Waals surface area contributed by atoms with Crippen LogP contribution in [0.1, 0.15) is 31.4 Å². The fourth-order valence-corrected chi connectivity index (χ4v) is 2.86. The molecule has 2 unspecified atom stereocenters. The highest BCUT2D eigenvalue weighted by Gasteiger charge is 2.37. The van der Waals surface area contributed by atoms with Gasteiger partial charge in [0, 0.05) is 12.1 Å². The highest BCUT2D eigenvalue weighted by Crippen LogP contribution is 2.33. The maximum Gasteiger partial charge on any atom is 0.227 e. The highest BCUT2D eigenvalue weighted by atomic mass is 16.5. The van der Waals surface area contributed by atoms with E-state index in [2.05, 4.69) is 10.6 Å². The van der Waals surface area contributed by atoms with Crippen LogP contribution in [-0.2, 0) is 4.79 Å². The Morgan fingerprint density at radius 3 is 3.11 bits per heavy atom. The van der Waals surface area contributed by atoms with E-state index in [-0.39, 0.29) is 17.4 Å². The van der Waals surface area contributed by atoms with E-state index in [4.69, 9.17) is 4.74 Å². The van der Waals surface area contributed by atoms with E-state index in [1.165, 1.54) is 0 Å². The maximum atomic E-state index is 12.5. The maximum absolute atomic E-state index is 12.5. The molecule has 0 radical (unpaired) electrons. The number of benzene rings is 1. The molecule has 19 heavy (non-hydrogen) atoms. The molecule has 1 fully saturated rings. The van der Waals surface area contributed by atoms with Crippen LogP contribution in [0.2, 0.25) is 0 Å². The second-order valence-corrected chi connectivity index (χ2v) is 5.72. The van der Waals surface area contributed by atoms with Gasteiger partial charge in [-0.25, -0.2) is 0 Å². The van der Waals surface area contributed by atoms with Gasteiger partial charge >= 0.3 is 0 Å². The molecule has 2 N–H and O–H groups in total. The molecular formula is C15H20N2O2. The zero-order valence-corrected chi connectivity index (χ0v) is 11.2. The van der Waals surface area contributed by atoms with E-state index in [0.29, 0.717) is 6.61 Å². The predicted molar refractivity (Wildman–Crippen MR) is 73.0 cm³/mol. The zero-order chi connectivity index (χ0) is 13.3. The summed E-state index contributed by atoms with van der Waals surface area (Å²) in [5.74, 6) is 1.02. The third kappa shape index (κ3) is 2.32. The van der Waals surface area contributed by atoms with E-state index >= 15 is 0 Å². The Labute approximate surface area is 113 Å². The van der Waals surface area contributed by atoms with E-state index in [9.17, 15) is 4.79 Å². The van der Waals surface area contributed by atoms with Crippen LogP contribution >= 0.6 is 0 Å². The Morgan fingerprint density at radius 2 is 2.32 bits per heavy atom. The van der Waals surface area contributed by atoms with Gasteiger partial charge in [-0.1, -0.05) is 18.2 Å². The molecule has 0 aliphatic carbocycles. The Morgan fingerprint density at radius 1 is 1.47 bits per heavy atom. The molecule has 0 saturated carbocycles. The molecule has 1 amide bonds. The molecule has 1 aromatic carbocycles. The molecule has 102 valence electrons. The van der Waals surface area contributed by atoms with Gasteiger partial charge in [-0.2, -0.15) is 0 Å². The van der Waals surface area contributed by atoms with Crippen LogP contribution in [0.5, 0.6) is 5.75 Å². The molecule has 2 heterocycles. The zero-order valence-electron chi connectivity index (χ0n) is 11.2. The molecule has 2 atom stereocenters. The van der Waals surface area contributed by atoms with E-state index < -0.39 is 0 Å². The normalized spacial score (nSPS) is 29.4. The minimum Gasteiger partial charge on any atom is -0.491 e. The summed E-state index contributed by atoms with van der Waals surface area (Å²) in [6, 6.07) is 7.90. The SMILES string of the molecule is CC1(C(=O)NC2COc3ccccc32)CCCNC1. The molecule has 4 nitrogen and oxygen atoms in total. The van der Waals surface area contributed by atoms with Crippen molar-refractivity contribution in [2.45, 2.75) is 25.8 Å². The Hall–Kier alpha value is -1.55. The monoisotopic (exact) mass is 260 g/mol. The van der Waals surface area contributed by atoms with Crippen molar-refractivity contribution in [3.8, 4) is 5.75 Å². The van der Waals surface area contributed by atoms with Gasteiger partial charge in [-0.3, -0.25) is 4.79 Å². The van der Waals surface area contributed by atoms with E-state index in [1.54, 1.807) is 0 Å². The lowest BCUT2D eigenvalue weighted by Gasteiger charge is -2.33. The van der Waals surface area contributed by atoms with Crippen LogP contribution in [0.4, 0.5) is 0 Å². The van der Waals surface area contributed by atoms with Gasteiger partial charge in [0.05, 0.1) is 11.5 Å². The van der Waals surface area contributed by atoms with Crippen LogP contribution in [-0.4, -0.2) is 25.6 Å². The first-order valence-corrected chi connectivity index (χ1v) is 6.92. The molecule has 2 aliphatic heterocycles. The predicted octanol–water partition coefficient (Wildman–Crippen LogP) is 1.63. The summed E-state index contributed by atoms with van der Waals surface area (Å²) in [6.45, 7) is 4.34. The van der Waals surface area contributed by atoms with Crippen LogP contribution in [0.15, 0.2) is 24.3 Å². The van der Waals surface area contributed by atoms with Gasteiger partial charge in [0.25, 0.3) is 0 Å². The minimum atomic E-state index is -0.296. The molecule has 0 aromatic heterocycles. The number of carbonyl (C=O) groups is 1. The number of rotatable bonds is 2. The fourth-order valence-electron chi connectivity index (χ4n) is 2.86. The number of para-hydroxylation sites is 1. The van der Waals surface area contributed by atoms with Crippen molar-refractivity contribution in [2.75, 3.05) is 19.7 Å². The topological polar surface area (TPSA) is 50.4 Å². The molecule has 0 bridgehead atoms. The number of ether oxygens (including phenoxy) is 1. The number of hydrogen-bond donors (Lipinski definition) is 2. The fraction of sp³-hybridized carbons (Fsp3) is 0.533. The number of piperidine rings is 1. The standard InChI is InChI=1S/C15H20N2O2/c1-15(7-4-8-16-10-15)14(18)17-12-9-19-13-6-3-2-5-11(12)13/h2-3,5-6,12,16H,4,7-10H2,1H3,(H,17,18). The second kappa shape index (κ2) is 4.85. The van der Waals surface area contributed by atoms with Gasteiger partial charge in [0.2, 0.25) is 5.91 Å². The van der Waals surface area contributed by atoms with E-state index in [0.717, 1.165) is 37.2 Å². The Balaban J connectivity index is 1.71. The van der Waals surface area contributed by atoms with Crippen molar-refractivity contribution in [1.82, 2.24) is 10.6 Å². The van der Waals surface area contributed by atoms with Crippen LogP contribution < -0.4 is 15.4 Å². The summed E-state index contributed by atoms with van der Waals surface area (Å²) >= 11 is 0. The molecular weight excluding hydrogens is 240 g/mol. The van der Waals surface area contributed by atoms with Crippen molar-refractivity contribution in [3.63, 3.8) is 0 Å². The lowest BCUT2D eigenvalue weighted by atomic mass is 9.81. The highest BCUT2D eigenvalue weighted by molar-refractivity contribution is 5.83. The quantitative estimate of drug-likeness (QED) is 0.849. The number of fused-ring (bicyclic) bond motifs is 1. The largest absolute Gasteiger partial charge is 0.491 e. The average molecular weight is 260 g/mol.